The number of imidazole rings is 1. The van der Waals surface area contributed by atoms with E-state index in [1.54, 1.807) is 56.5 Å². The minimum absolute atomic E-state index is 0.124. The van der Waals surface area contributed by atoms with Crippen LogP contribution in [0.3, 0.4) is 0 Å². The van der Waals surface area contributed by atoms with Crippen molar-refractivity contribution in [1.82, 2.24) is 9.38 Å². The van der Waals surface area contributed by atoms with Gasteiger partial charge in [-0.1, -0.05) is 6.07 Å². The van der Waals surface area contributed by atoms with Gasteiger partial charge >= 0.3 is 18.2 Å². The third kappa shape index (κ3) is 6.79. The lowest BCUT2D eigenvalue weighted by molar-refractivity contribution is -0.132. The number of aliphatic hydroxyl groups is 1. The Morgan fingerprint density at radius 3 is 2.43 bits per heavy atom. The largest absolute Gasteiger partial charge is 0.465 e. The molecule has 11 heteroatoms. The van der Waals surface area contributed by atoms with Crippen LogP contribution in [0.1, 0.15) is 48.7 Å². The Morgan fingerprint density at radius 1 is 1.16 bits per heavy atom. The third-order valence-electron chi connectivity index (χ3n) is 5.49. The number of methoxy groups -OCH3 is 1. The lowest BCUT2D eigenvalue weighted by atomic mass is 10.0. The maximum Gasteiger partial charge on any atom is 0.414 e. The summed E-state index contributed by atoms with van der Waals surface area (Å²) in [5, 5.41) is 9.55. The van der Waals surface area contributed by atoms with Crippen molar-refractivity contribution in [3.05, 3.63) is 53.3 Å². The fraction of sp³-hybridized carbons (Fsp3) is 0.423. The summed E-state index contributed by atoms with van der Waals surface area (Å²) in [4.78, 5) is 30.4. The molecule has 2 heterocycles. The molecule has 37 heavy (non-hydrogen) atoms. The van der Waals surface area contributed by atoms with Gasteiger partial charge in [0.15, 0.2) is 5.65 Å². The number of nitrogens with zero attached hydrogens (tertiary/aromatic N) is 3. The Hall–Kier alpha value is -3.60. The standard InChI is InChI=1S/C26H30F3N3O5/c1-16-12-18(6-7-19(16)23(34)36-5)21-14-30-22-20(13-17(8-11-33)15-32(21)22)31(10-9-26(27,28)29)24(35)37-25(2,3)4/h6-7,12-15,33H,8-11H2,1-5H3. The smallest absolute Gasteiger partial charge is 0.414 e. The van der Waals surface area contributed by atoms with E-state index in [2.05, 4.69) is 4.98 Å². The lowest BCUT2D eigenvalue weighted by Gasteiger charge is -2.28. The molecular weight excluding hydrogens is 491 g/mol. The first-order chi connectivity index (χ1) is 17.2. The number of rotatable bonds is 7. The minimum Gasteiger partial charge on any atom is -0.465 e. The second-order valence-corrected chi connectivity index (χ2v) is 9.56. The van der Waals surface area contributed by atoms with Crippen molar-refractivity contribution in [2.24, 2.45) is 0 Å². The SMILES string of the molecule is COC(=O)c1ccc(-c2cnc3c(N(CCC(F)(F)F)C(=O)OC(C)(C)C)cc(CCO)cn23)cc1C. The Balaban J connectivity index is 2.18. The van der Waals surface area contributed by atoms with Crippen LogP contribution in [-0.4, -0.2) is 58.6 Å². The summed E-state index contributed by atoms with van der Waals surface area (Å²) in [7, 11) is 1.29. The monoisotopic (exact) mass is 521 g/mol. The van der Waals surface area contributed by atoms with Crippen molar-refractivity contribution in [2.75, 3.05) is 25.2 Å². The van der Waals surface area contributed by atoms with Crippen molar-refractivity contribution in [3.8, 4) is 11.3 Å². The van der Waals surface area contributed by atoms with E-state index in [1.807, 2.05) is 0 Å². The first kappa shape index (κ1) is 28.0. The van der Waals surface area contributed by atoms with Gasteiger partial charge in [-0.2, -0.15) is 13.2 Å². The predicted octanol–water partition coefficient (Wildman–Crippen LogP) is 5.33. The van der Waals surface area contributed by atoms with Crippen molar-refractivity contribution >= 4 is 23.4 Å². The van der Waals surface area contributed by atoms with Crippen LogP contribution in [0, 0.1) is 6.92 Å². The molecular formula is C26H30F3N3O5. The van der Waals surface area contributed by atoms with Gasteiger partial charge in [-0.3, -0.25) is 9.30 Å². The number of amides is 1. The molecule has 1 aromatic carbocycles. The van der Waals surface area contributed by atoms with Gasteiger partial charge in [-0.05, 0) is 63.4 Å². The number of aliphatic hydroxyl groups excluding tert-OH is 1. The molecule has 0 atom stereocenters. The summed E-state index contributed by atoms with van der Waals surface area (Å²) in [5.74, 6) is -0.479. The predicted molar refractivity (Wildman–Crippen MR) is 132 cm³/mol. The van der Waals surface area contributed by atoms with E-state index in [0.717, 1.165) is 4.90 Å². The van der Waals surface area contributed by atoms with Crippen LogP contribution < -0.4 is 4.90 Å². The summed E-state index contributed by atoms with van der Waals surface area (Å²) in [6, 6.07) is 6.62. The van der Waals surface area contributed by atoms with Gasteiger partial charge in [0.25, 0.3) is 0 Å². The van der Waals surface area contributed by atoms with Gasteiger partial charge in [0.05, 0.1) is 36.7 Å². The van der Waals surface area contributed by atoms with Crippen LogP contribution in [0.2, 0.25) is 0 Å². The van der Waals surface area contributed by atoms with Crippen molar-refractivity contribution < 1.29 is 37.3 Å². The van der Waals surface area contributed by atoms with Gasteiger partial charge in [-0.15, -0.1) is 0 Å². The fourth-order valence-electron chi connectivity index (χ4n) is 3.83. The number of hydrogen-bond donors (Lipinski definition) is 1. The minimum atomic E-state index is -4.50. The molecule has 0 aliphatic carbocycles. The molecule has 1 N–H and O–H groups in total. The van der Waals surface area contributed by atoms with Crippen molar-refractivity contribution in [3.63, 3.8) is 0 Å². The maximum atomic E-state index is 13.2. The number of anilines is 1. The summed E-state index contributed by atoms with van der Waals surface area (Å²) in [5.41, 5.74) is 2.31. The van der Waals surface area contributed by atoms with Crippen LogP contribution in [0.15, 0.2) is 36.7 Å². The molecule has 3 aromatic rings. The van der Waals surface area contributed by atoms with Crippen LogP contribution in [0.4, 0.5) is 23.7 Å². The lowest BCUT2D eigenvalue weighted by Crippen LogP contribution is -2.39. The molecule has 2 aromatic heterocycles. The molecule has 0 saturated heterocycles. The number of alkyl halides is 3. The molecule has 0 fully saturated rings. The zero-order chi connectivity index (χ0) is 27.5. The Morgan fingerprint density at radius 2 is 1.86 bits per heavy atom. The first-order valence-corrected chi connectivity index (χ1v) is 11.6. The number of benzene rings is 1. The number of fused-ring (bicyclic) bond motifs is 1. The average Bonchev–Trinajstić information content (AvgIpc) is 3.21. The average molecular weight is 522 g/mol. The molecule has 0 bridgehead atoms. The second-order valence-electron chi connectivity index (χ2n) is 9.56. The maximum absolute atomic E-state index is 13.2. The van der Waals surface area contributed by atoms with E-state index < -0.39 is 36.8 Å². The highest BCUT2D eigenvalue weighted by molar-refractivity contribution is 5.94. The number of carbonyl (C=O) groups excluding carboxylic acids is 2. The summed E-state index contributed by atoms with van der Waals surface area (Å²) < 4.78 is 51.3. The van der Waals surface area contributed by atoms with Crippen molar-refractivity contribution in [1.29, 1.82) is 0 Å². The van der Waals surface area contributed by atoms with E-state index in [-0.39, 0.29) is 24.4 Å². The zero-order valence-electron chi connectivity index (χ0n) is 21.3. The molecule has 0 radical (unpaired) electrons. The van der Waals surface area contributed by atoms with Crippen molar-refractivity contribution in [2.45, 2.75) is 52.3 Å². The molecule has 3 rings (SSSR count). The molecule has 0 saturated carbocycles. The van der Waals surface area contributed by atoms with Gasteiger partial charge < -0.3 is 14.6 Å². The summed E-state index contributed by atoms with van der Waals surface area (Å²) >= 11 is 0. The fourth-order valence-corrected chi connectivity index (χ4v) is 3.83. The van der Waals surface area contributed by atoms with E-state index in [9.17, 15) is 27.9 Å². The number of hydrogen-bond acceptors (Lipinski definition) is 6. The van der Waals surface area contributed by atoms with E-state index in [1.165, 1.54) is 19.4 Å². The summed E-state index contributed by atoms with van der Waals surface area (Å²) in [6.07, 6.45) is -3.25. The number of esters is 1. The number of aryl methyl sites for hydroxylation is 1. The van der Waals surface area contributed by atoms with E-state index in [0.29, 0.717) is 27.9 Å². The summed E-state index contributed by atoms with van der Waals surface area (Å²) in [6.45, 7) is 5.74. The number of ether oxygens (including phenoxy) is 2. The van der Waals surface area contributed by atoms with Gasteiger partial charge in [0.2, 0.25) is 0 Å². The normalized spacial score (nSPS) is 12.0. The molecule has 1 amide bonds. The number of halogens is 3. The Bertz CT molecular complexity index is 1300. The molecule has 0 spiro atoms. The van der Waals surface area contributed by atoms with Crippen LogP contribution in [-0.2, 0) is 15.9 Å². The van der Waals surface area contributed by atoms with E-state index in [4.69, 9.17) is 9.47 Å². The zero-order valence-corrected chi connectivity index (χ0v) is 21.3. The molecule has 0 aliphatic heterocycles. The number of aromatic nitrogens is 2. The van der Waals surface area contributed by atoms with Gasteiger partial charge in [-0.25, -0.2) is 14.6 Å². The van der Waals surface area contributed by atoms with E-state index >= 15 is 0 Å². The second kappa shape index (κ2) is 10.8. The quantitative estimate of drug-likeness (QED) is 0.423. The molecule has 8 nitrogen and oxygen atoms in total. The van der Waals surface area contributed by atoms with Gasteiger partial charge in [0, 0.05) is 24.9 Å². The highest BCUT2D eigenvalue weighted by Crippen LogP contribution is 2.32. The van der Waals surface area contributed by atoms with Crippen LogP contribution in [0.5, 0.6) is 0 Å². The number of carbonyl (C=O) groups is 2. The Kier molecular flexibility index (Phi) is 8.16. The molecule has 0 unspecified atom stereocenters. The third-order valence-corrected chi connectivity index (χ3v) is 5.49. The first-order valence-electron chi connectivity index (χ1n) is 11.6. The number of pyridine rings is 1. The van der Waals surface area contributed by atoms with Crippen LogP contribution in [0.25, 0.3) is 16.9 Å². The highest BCUT2D eigenvalue weighted by Gasteiger charge is 2.33. The molecule has 0 aliphatic rings. The van der Waals surface area contributed by atoms with Gasteiger partial charge in [0.1, 0.15) is 5.60 Å². The Labute approximate surface area is 212 Å². The highest BCUT2D eigenvalue weighted by atomic mass is 19.4. The topological polar surface area (TPSA) is 93.4 Å². The van der Waals surface area contributed by atoms with Crippen LogP contribution >= 0.6 is 0 Å². The molecule has 200 valence electrons.